The fourth-order valence-electron chi connectivity index (χ4n) is 1.68. The maximum absolute atomic E-state index is 13.0. The Hall–Kier alpha value is -1.39. The van der Waals surface area contributed by atoms with E-state index in [0.29, 0.717) is 11.3 Å². The summed E-state index contributed by atoms with van der Waals surface area (Å²) >= 11 is 9.19. The molecule has 0 atom stereocenters. The summed E-state index contributed by atoms with van der Waals surface area (Å²) in [6, 6.07) is 8.75. The van der Waals surface area contributed by atoms with Crippen LogP contribution in [0.3, 0.4) is 0 Å². The summed E-state index contributed by atoms with van der Waals surface area (Å²) in [7, 11) is 1.48. The van der Waals surface area contributed by atoms with Crippen molar-refractivity contribution >= 4 is 33.3 Å². The molecule has 0 aromatic heterocycles. The highest BCUT2D eigenvalue weighted by Crippen LogP contribution is 2.28. The van der Waals surface area contributed by atoms with E-state index >= 15 is 0 Å². The van der Waals surface area contributed by atoms with Crippen LogP contribution in [-0.2, 0) is 0 Å². The van der Waals surface area contributed by atoms with E-state index in [1.165, 1.54) is 19.2 Å². The minimum absolute atomic E-state index is 0.0760. The number of halogens is 3. The monoisotopic (exact) mass is 342 g/mol. The van der Waals surface area contributed by atoms with Crippen molar-refractivity contribution in [1.82, 2.24) is 0 Å². The number of benzene rings is 2. The fraction of sp³-hybridized carbons (Fsp3) is 0.0714. The Morgan fingerprint density at radius 1 is 1.21 bits per heavy atom. The molecule has 0 amide bonds. The lowest BCUT2D eigenvalue weighted by atomic mass is 10.0. The van der Waals surface area contributed by atoms with Crippen LogP contribution in [0.4, 0.5) is 4.39 Å². The van der Waals surface area contributed by atoms with Crippen molar-refractivity contribution in [3.8, 4) is 5.75 Å². The maximum atomic E-state index is 13.0. The summed E-state index contributed by atoms with van der Waals surface area (Å²) in [6.45, 7) is 0. The second-order valence-electron chi connectivity index (χ2n) is 3.80. The number of ketones is 1. The number of hydrogen-bond donors (Lipinski definition) is 0. The second kappa shape index (κ2) is 5.72. The van der Waals surface area contributed by atoms with Gasteiger partial charge in [-0.3, -0.25) is 4.79 Å². The second-order valence-corrected chi connectivity index (χ2v) is 5.12. The van der Waals surface area contributed by atoms with Gasteiger partial charge in [0.1, 0.15) is 11.6 Å². The van der Waals surface area contributed by atoms with E-state index in [1.807, 2.05) is 0 Å². The van der Waals surface area contributed by atoms with Gasteiger partial charge in [0.05, 0.1) is 17.7 Å². The van der Waals surface area contributed by atoms with Gasteiger partial charge in [0.25, 0.3) is 0 Å². The summed E-state index contributed by atoms with van der Waals surface area (Å²) in [5.74, 6) is -0.362. The first-order chi connectivity index (χ1) is 9.02. The molecule has 0 saturated carbocycles. The summed E-state index contributed by atoms with van der Waals surface area (Å²) in [5.41, 5.74) is 0.602. The Balaban J connectivity index is 2.52. The zero-order valence-electron chi connectivity index (χ0n) is 9.91. The van der Waals surface area contributed by atoms with Gasteiger partial charge in [-0.25, -0.2) is 4.39 Å². The van der Waals surface area contributed by atoms with E-state index in [4.69, 9.17) is 16.3 Å². The van der Waals surface area contributed by atoms with Gasteiger partial charge < -0.3 is 4.74 Å². The Bertz CT molecular complexity index is 643. The molecule has 2 rings (SSSR count). The standard InChI is InChI=1S/C14H9BrClFO2/c1-19-13-5-2-8(15)6-11(13)14(18)10-4-3-9(17)7-12(10)16/h2-7H,1H3. The molecule has 0 aliphatic rings. The lowest BCUT2D eigenvalue weighted by Crippen LogP contribution is -2.05. The molecule has 0 N–H and O–H groups in total. The average Bonchev–Trinajstić information content (AvgIpc) is 2.38. The number of ether oxygens (including phenoxy) is 1. The molecule has 0 heterocycles. The SMILES string of the molecule is COc1ccc(Br)cc1C(=O)c1ccc(F)cc1Cl. The zero-order valence-corrected chi connectivity index (χ0v) is 12.3. The van der Waals surface area contributed by atoms with Crippen LogP contribution in [0, 0.1) is 5.82 Å². The van der Waals surface area contributed by atoms with E-state index in [2.05, 4.69) is 15.9 Å². The van der Waals surface area contributed by atoms with Crippen LogP contribution in [0.15, 0.2) is 40.9 Å². The lowest BCUT2D eigenvalue weighted by molar-refractivity contribution is 0.103. The van der Waals surface area contributed by atoms with Crippen molar-refractivity contribution in [3.63, 3.8) is 0 Å². The molecule has 0 radical (unpaired) electrons. The largest absolute Gasteiger partial charge is 0.496 e. The number of rotatable bonds is 3. The molecule has 0 fully saturated rings. The van der Waals surface area contributed by atoms with Gasteiger partial charge in [-0.05, 0) is 36.4 Å². The van der Waals surface area contributed by atoms with E-state index in [0.717, 1.165) is 10.5 Å². The van der Waals surface area contributed by atoms with E-state index < -0.39 is 5.82 Å². The summed E-state index contributed by atoms with van der Waals surface area (Å²) in [6.07, 6.45) is 0. The molecule has 0 unspecified atom stereocenters. The van der Waals surface area contributed by atoms with Crippen LogP contribution in [0.2, 0.25) is 5.02 Å². The average molecular weight is 344 g/mol. The van der Waals surface area contributed by atoms with Crippen molar-refractivity contribution in [1.29, 1.82) is 0 Å². The molecule has 2 aromatic rings. The van der Waals surface area contributed by atoms with Crippen molar-refractivity contribution in [2.45, 2.75) is 0 Å². The maximum Gasteiger partial charge on any atom is 0.198 e. The molecule has 2 aromatic carbocycles. The summed E-state index contributed by atoms with van der Waals surface area (Å²) in [5, 5.41) is 0.0760. The fourth-order valence-corrected chi connectivity index (χ4v) is 2.29. The molecule has 98 valence electrons. The predicted molar refractivity (Wildman–Crippen MR) is 75.5 cm³/mol. The molecule has 0 spiro atoms. The Labute approximate surface area is 123 Å². The van der Waals surface area contributed by atoms with Gasteiger partial charge in [-0.15, -0.1) is 0 Å². The van der Waals surface area contributed by atoms with Crippen LogP contribution in [0.1, 0.15) is 15.9 Å². The van der Waals surface area contributed by atoms with E-state index in [1.54, 1.807) is 18.2 Å². The topological polar surface area (TPSA) is 26.3 Å². The van der Waals surface area contributed by atoms with Crippen molar-refractivity contribution in [2.24, 2.45) is 0 Å². The third-order valence-electron chi connectivity index (χ3n) is 2.58. The molecular weight excluding hydrogens is 335 g/mol. The highest BCUT2D eigenvalue weighted by Gasteiger charge is 2.18. The molecule has 19 heavy (non-hydrogen) atoms. The zero-order chi connectivity index (χ0) is 14.0. The van der Waals surface area contributed by atoms with Crippen LogP contribution in [0.25, 0.3) is 0 Å². The normalized spacial score (nSPS) is 10.3. The minimum Gasteiger partial charge on any atom is -0.496 e. The third kappa shape index (κ3) is 2.96. The van der Waals surface area contributed by atoms with Gasteiger partial charge in [0.2, 0.25) is 0 Å². The Morgan fingerprint density at radius 3 is 2.58 bits per heavy atom. The van der Waals surface area contributed by atoms with Crippen molar-refractivity contribution < 1.29 is 13.9 Å². The molecule has 0 aliphatic carbocycles. The minimum atomic E-state index is -0.484. The van der Waals surface area contributed by atoms with E-state index in [-0.39, 0.29) is 16.4 Å². The first kappa shape index (κ1) is 14.0. The van der Waals surface area contributed by atoms with Gasteiger partial charge in [0, 0.05) is 10.0 Å². The molecule has 0 bridgehead atoms. The van der Waals surface area contributed by atoms with Gasteiger partial charge in [0.15, 0.2) is 5.78 Å². The lowest BCUT2D eigenvalue weighted by Gasteiger charge is -2.09. The highest BCUT2D eigenvalue weighted by molar-refractivity contribution is 9.10. The summed E-state index contributed by atoms with van der Waals surface area (Å²) < 4.78 is 18.9. The highest BCUT2D eigenvalue weighted by atomic mass is 79.9. The number of hydrogen-bond acceptors (Lipinski definition) is 2. The van der Waals surface area contributed by atoms with Crippen LogP contribution in [-0.4, -0.2) is 12.9 Å². The number of methoxy groups -OCH3 is 1. The third-order valence-corrected chi connectivity index (χ3v) is 3.39. The van der Waals surface area contributed by atoms with Crippen LogP contribution >= 0.6 is 27.5 Å². The smallest absolute Gasteiger partial charge is 0.198 e. The molecule has 0 saturated heterocycles. The number of carbonyl (C=O) groups is 1. The van der Waals surface area contributed by atoms with Crippen molar-refractivity contribution in [2.75, 3.05) is 7.11 Å². The van der Waals surface area contributed by atoms with Crippen LogP contribution in [0.5, 0.6) is 5.75 Å². The molecule has 5 heteroatoms. The Kier molecular flexibility index (Phi) is 4.22. The van der Waals surface area contributed by atoms with E-state index in [9.17, 15) is 9.18 Å². The quantitative estimate of drug-likeness (QED) is 0.768. The first-order valence-electron chi connectivity index (χ1n) is 5.36. The van der Waals surface area contributed by atoms with Crippen LogP contribution < -0.4 is 4.74 Å². The molecule has 2 nitrogen and oxygen atoms in total. The molecular formula is C14H9BrClFO2. The van der Waals surface area contributed by atoms with Gasteiger partial charge in [-0.2, -0.15) is 0 Å². The Morgan fingerprint density at radius 2 is 1.95 bits per heavy atom. The molecule has 0 aliphatic heterocycles. The van der Waals surface area contributed by atoms with Gasteiger partial charge in [-0.1, -0.05) is 27.5 Å². The van der Waals surface area contributed by atoms with Crippen molar-refractivity contribution in [3.05, 3.63) is 62.8 Å². The predicted octanol–water partition coefficient (Wildman–Crippen LogP) is 4.48. The number of carbonyl (C=O) groups excluding carboxylic acids is 1. The summed E-state index contributed by atoms with van der Waals surface area (Å²) in [4.78, 5) is 12.4. The first-order valence-corrected chi connectivity index (χ1v) is 6.53. The van der Waals surface area contributed by atoms with Gasteiger partial charge >= 0.3 is 0 Å².